The van der Waals surface area contributed by atoms with Gasteiger partial charge in [-0.1, -0.05) is 0 Å². The molecule has 2 nitrogen and oxygen atoms in total. The molecule has 0 aliphatic carbocycles. The summed E-state index contributed by atoms with van der Waals surface area (Å²) in [6, 6.07) is 0. The zero-order valence-corrected chi connectivity index (χ0v) is 10.9. The molecule has 2 aliphatic heterocycles. The van der Waals surface area contributed by atoms with E-state index in [4.69, 9.17) is 4.74 Å². The van der Waals surface area contributed by atoms with E-state index < -0.39 is 17.0 Å². The first-order valence-electron chi connectivity index (χ1n) is 5.30. The van der Waals surface area contributed by atoms with E-state index in [1.807, 2.05) is 0 Å². The standard InChI is InChI=1S/C9H12F5NOS2/c10-8(11,9(12,13)14)7(5-17-6-18-7)15-1-3-16-4-2-15/h1-6H2. The molecule has 2 heterocycles. The molecule has 106 valence electrons. The Morgan fingerprint density at radius 3 is 2.11 bits per heavy atom. The molecule has 0 amide bonds. The Kier molecular flexibility index (Phi) is 4.07. The Balaban J connectivity index is 2.31. The van der Waals surface area contributed by atoms with Crippen molar-refractivity contribution in [1.82, 2.24) is 4.90 Å². The van der Waals surface area contributed by atoms with Crippen LogP contribution in [-0.4, -0.2) is 59.0 Å². The quantitative estimate of drug-likeness (QED) is 0.727. The molecule has 1 unspecified atom stereocenters. The van der Waals surface area contributed by atoms with Crippen molar-refractivity contribution in [2.75, 3.05) is 37.1 Å². The van der Waals surface area contributed by atoms with E-state index in [1.54, 1.807) is 0 Å². The van der Waals surface area contributed by atoms with Crippen molar-refractivity contribution < 1.29 is 26.7 Å². The van der Waals surface area contributed by atoms with Crippen LogP contribution in [0.5, 0.6) is 0 Å². The molecule has 2 rings (SSSR count). The van der Waals surface area contributed by atoms with Crippen molar-refractivity contribution in [3.05, 3.63) is 0 Å². The monoisotopic (exact) mass is 309 g/mol. The van der Waals surface area contributed by atoms with Crippen LogP contribution >= 0.6 is 23.5 Å². The molecule has 0 bridgehead atoms. The van der Waals surface area contributed by atoms with Crippen LogP contribution in [-0.2, 0) is 4.74 Å². The Hall–Kier alpha value is 0.270. The van der Waals surface area contributed by atoms with Crippen LogP contribution < -0.4 is 0 Å². The summed E-state index contributed by atoms with van der Waals surface area (Å²) < 4.78 is 70.7. The molecule has 0 spiro atoms. The highest BCUT2D eigenvalue weighted by molar-refractivity contribution is 8.20. The number of hydrogen-bond donors (Lipinski definition) is 0. The van der Waals surface area contributed by atoms with Gasteiger partial charge in [0.05, 0.1) is 13.2 Å². The molecule has 2 aliphatic rings. The van der Waals surface area contributed by atoms with Crippen molar-refractivity contribution >= 4 is 23.5 Å². The molecule has 0 aromatic rings. The third kappa shape index (κ3) is 2.23. The Morgan fingerprint density at radius 1 is 1.06 bits per heavy atom. The summed E-state index contributed by atoms with van der Waals surface area (Å²) in [5.74, 6) is -4.93. The van der Waals surface area contributed by atoms with Crippen LogP contribution in [0.3, 0.4) is 0 Å². The zero-order valence-electron chi connectivity index (χ0n) is 9.30. The van der Waals surface area contributed by atoms with Gasteiger partial charge < -0.3 is 4.74 Å². The van der Waals surface area contributed by atoms with E-state index in [2.05, 4.69) is 0 Å². The highest BCUT2D eigenvalue weighted by atomic mass is 32.2. The molecule has 0 saturated carbocycles. The van der Waals surface area contributed by atoms with E-state index in [-0.39, 0.29) is 37.1 Å². The normalized spacial score (nSPS) is 31.8. The summed E-state index contributed by atoms with van der Waals surface area (Å²) >= 11 is 1.81. The lowest BCUT2D eigenvalue weighted by Gasteiger charge is -2.46. The number of halogens is 5. The predicted octanol–water partition coefficient (Wildman–Crippen LogP) is 2.65. The van der Waals surface area contributed by atoms with Gasteiger partial charge in [-0.25, -0.2) is 0 Å². The number of hydrogen-bond acceptors (Lipinski definition) is 4. The number of alkyl halides is 5. The topological polar surface area (TPSA) is 12.5 Å². The van der Waals surface area contributed by atoms with Gasteiger partial charge in [-0.05, 0) is 0 Å². The predicted molar refractivity (Wildman–Crippen MR) is 61.0 cm³/mol. The zero-order chi connectivity index (χ0) is 13.4. The fraction of sp³-hybridized carbons (Fsp3) is 1.00. The molecule has 2 saturated heterocycles. The molecule has 1 atom stereocenters. The third-order valence-electron chi connectivity index (χ3n) is 3.05. The Bertz CT molecular complexity index is 300. The second-order valence-corrected chi connectivity index (χ2v) is 6.67. The summed E-state index contributed by atoms with van der Waals surface area (Å²) in [7, 11) is 0. The number of nitrogens with zero attached hydrogens (tertiary/aromatic N) is 1. The van der Waals surface area contributed by atoms with Crippen LogP contribution in [0.2, 0.25) is 0 Å². The molecule has 0 aromatic carbocycles. The van der Waals surface area contributed by atoms with Crippen molar-refractivity contribution in [3.63, 3.8) is 0 Å². The summed E-state index contributed by atoms with van der Waals surface area (Å²) in [4.78, 5) is -0.950. The second kappa shape index (κ2) is 4.99. The largest absolute Gasteiger partial charge is 0.456 e. The lowest BCUT2D eigenvalue weighted by atomic mass is 10.1. The highest BCUT2D eigenvalue weighted by Crippen LogP contribution is 2.56. The number of rotatable bonds is 2. The van der Waals surface area contributed by atoms with Gasteiger partial charge >= 0.3 is 12.1 Å². The lowest BCUT2D eigenvalue weighted by Crippen LogP contribution is -2.66. The van der Waals surface area contributed by atoms with Gasteiger partial charge in [0.15, 0.2) is 4.87 Å². The SMILES string of the molecule is FC(F)(F)C(F)(F)C1(N2CCOCC2)CSCS1. The lowest BCUT2D eigenvalue weighted by molar-refractivity contribution is -0.309. The van der Waals surface area contributed by atoms with E-state index in [0.717, 1.165) is 11.8 Å². The van der Waals surface area contributed by atoms with Gasteiger partial charge in [0.25, 0.3) is 0 Å². The maximum absolute atomic E-state index is 13.8. The fourth-order valence-electron chi connectivity index (χ4n) is 2.07. The third-order valence-corrected chi connectivity index (χ3v) is 6.13. The molecular formula is C9H12F5NOS2. The first-order valence-corrected chi connectivity index (χ1v) is 7.44. The fourth-order valence-corrected chi connectivity index (χ4v) is 5.40. The average molecular weight is 309 g/mol. The molecule has 9 heteroatoms. The van der Waals surface area contributed by atoms with Gasteiger partial charge in [-0.15, -0.1) is 23.5 Å². The Morgan fingerprint density at radius 2 is 1.67 bits per heavy atom. The summed E-state index contributed by atoms with van der Waals surface area (Å²) in [5.41, 5.74) is 0. The van der Waals surface area contributed by atoms with E-state index in [9.17, 15) is 22.0 Å². The van der Waals surface area contributed by atoms with Crippen molar-refractivity contribution in [3.8, 4) is 0 Å². The highest BCUT2D eigenvalue weighted by Gasteiger charge is 2.73. The molecular weight excluding hydrogens is 297 g/mol. The average Bonchev–Trinajstić information content (AvgIpc) is 2.79. The minimum absolute atomic E-state index is 0.110. The van der Waals surface area contributed by atoms with E-state index >= 15 is 0 Å². The van der Waals surface area contributed by atoms with Gasteiger partial charge in [0, 0.05) is 23.9 Å². The van der Waals surface area contributed by atoms with Crippen LogP contribution in [0.4, 0.5) is 22.0 Å². The molecule has 0 N–H and O–H groups in total. The first-order chi connectivity index (χ1) is 8.31. The van der Waals surface area contributed by atoms with Gasteiger partial charge in [-0.2, -0.15) is 22.0 Å². The van der Waals surface area contributed by atoms with Crippen LogP contribution in [0, 0.1) is 0 Å². The number of morpholine rings is 1. The van der Waals surface area contributed by atoms with Crippen molar-refractivity contribution in [2.24, 2.45) is 0 Å². The van der Waals surface area contributed by atoms with Crippen LogP contribution in [0.25, 0.3) is 0 Å². The molecule has 18 heavy (non-hydrogen) atoms. The Labute approximate surface area is 110 Å². The first kappa shape index (κ1) is 14.7. The summed E-state index contributed by atoms with van der Waals surface area (Å²) in [6.07, 6.45) is -5.52. The van der Waals surface area contributed by atoms with Gasteiger partial charge in [0.1, 0.15) is 0 Å². The second-order valence-electron chi connectivity index (χ2n) is 4.07. The minimum atomic E-state index is -5.52. The molecule has 0 radical (unpaired) electrons. The maximum atomic E-state index is 13.8. The van der Waals surface area contributed by atoms with Crippen molar-refractivity contribution in [1.29, 1.82) is 0 Å². The van der Waals surface area contributed by atoms with E-state index in [0.29, 0.717) is 11.8 Å². The van der Waals surface area contributed by atoms with E-state index in [1.165, 1.54) is 4.90 Å². The summed E-state index contributed by atoms with van der Waals surface area (Å²) in [6.45, 7) is 0.611. The summed E-state index contributed by atoms with van der Waals surface area (Å²) in [5, 5.41) is 0.253. The minimum Gasteiger partial charge on any atom is -0.379 e. The van der Waals surface area contributed by atoms with Crippen molar-refractivity contribution in [2.45, 2.75) is 17.0 Å². The molecule has 2 fully saturated rings. The van der Waals surface area contributed by atoms with Crippen LogP contribution in [0.1, 0.15) is 0 Å². The number of ether oxygens (including phenoxy) is 1. The number of thioether (sulfide) groups is 2. The smallest absolute Gasteiger partial charge is 0.379 e. The molecule has 0 aromatic heterocycles. The maximum Gasteiger partial charge on any atom is 0.456 e. The van der Waals surface area contributed by atoms with Gasteiger partial charge in [-0.3, -0.25) is 4.90 Å². The van der Waals surface area contributed by atoms with Crippen LogP contribution in [0.15, 0.2) is 0 Å². The van der Waals surface area contributed by atoms with Gasteiger partial charge in [0.2, 0.25) is 0 Å².